The van der Waals surface area contributed by atoms with E-state index < -0.39 is 31.8 Å². The number of aromatic nitrogens is 1. The molecule has 1 aromatic rings. The average Bonchev–Trinajstić information content (AvgIpc) is 2.35. The Balaban J connectivity index is 3.24. The second-order valence-electron chi connectivity index (χ2n) is 7.20. The fraction of sp³-hybridized carbons (Fsp3) is 0.688. The molecule has 0 saturated carbocycles. The first-order valence-electron chi connectivity index (χ1n) is 7.98. The molecule has 1 rings (SSSR count). The molecule has 0 fully saturated rings. The van der Waals surface area contributed by atoms with Crippen molar-refractivity contribution in [2.75, 3.05) is 6.61 Å². The summed E-state index contributed by atoms with van der Waals surface area (Å²) in [5.41, 5.74) is -0.447. The molecule has 8 heteroatoms. The van der Waals surface area contributed by atoms with Crippen LogP contribution in [0.25, 0.3) is 0 Å². The Morgan fingerprint density at radius 3 is 2.38 bits per heavy atom. The number of carbonyl (C=O) groups excluding carboxylic acids is 1. The molecule has 136 valence electrons. The van der Waals surface area contributed by atoms with Crippen molar-refractivity contribution in [3.05, 3.63) is 32.2 Å². The fourth-order valence-corrected chi connectivity index (χ4v) is 3.42. The minimum absolute atomic E-state index is 0.0507. The Hall–Kier alpha value is -1.67. The van der Waals surface area contributed by atoms with E-state index in [1.54, 1.807) is 13.8 Å². The number of H-pyrrole nitrogens is 1. The normalized spacial score (nSPS) is 13.6. The summed E-state index contributed by atoms with van der Waals surface area (Å²) in [5, 5.41) is -0.0507. The number of rotatable bonds is 6. The Kier molecular flexibility index (Phi) is 6.35. The van der Waals surface area contributed by atoms with E-state index in [4.69, 9.17) is 9.16 Å². The molecule has 0 amide bonds. The van der Waals surface area contributed by atoms with Crippen LogP contribution < -0.4 is 11.4 Å². The van der Waals surface area contributed by atoms with E-state index in [1.165, 1.54) is 0 Å². The van der Waals surface area contributed by atoms with Crippen LogP contribution in [0.3, 0.4) is 0 Å². The molecule has 1 heterocycles. The predicted molar refractivity (Wildman–Crippen MR) is 92.6 cm³/mol. The summed E-state index contributed by atoms with van der Waals surface area (Å²) in [4.78, 5) is 37.8. The van der Waals surface area contributed by atoms with Crippen LogP contribution in [0.2, 0.25) is 18.1 Å². The molecule has 0 aromatic carbocycles. The van der Waals surface area contributed by atoms with Gasteiger partial charge in [0.05, 0.1) is 24.7 Å². The minimum atomic E-state index is -2.15. The highest BCUT2D eigenvalue weighted by Gasteiger charge is 2.39. The van der Waals surface area contributed by atoms with E-state index >= 15 is 0 Å². The summed E-state index contributed by atoms with van der Waals surface area (Å²) in [6.07, 6.45) is -0.821. The summed E-state index contributed by atoms with van der Waals surface area (Å²) in [6, 6.07) is 0. The highest BCUT2D eigenvalue weighted by molar-refractivity contribution is 6.74. The van der Waals surface area contributed by atoms with E-state index in [0.717, 1.165) is 0 Å². The second kappa shape index (κ2) is 7.48. The van der Waals surface area contributed by atoms with Gasteiger partial charge < -0.3 is 13.6 Å². The second-order valence-corrected chi connectivity index (χ2v) is 12.0. The van der Waals surface area contributed by atoms with Crippen LogP contribution in [0.4, 0.5) is 0 Å². The maximum Gasteiger partial charge on any atom is 0.419 e. The van der Waals surface area contributed by atoms with Gasteiger partial charge in [0.2, 0.25) is 0 Å². The summed E-state index contributed by atoms with van der Waals surface area (Å²) in [5.74, 6) is -1.43. The number of hydrogen-bond donors (Lipinski definition) is 1. The van der Waals surface area contributed by atoms with Gasteiger partial charge in [-0.25, -0.2) is 9.59 Å². The van der Waals surface area contributed by atoms with Crippen molar-refractivity contribution in [3.63, 3.8) is 0 Å². The smallest absolute Gasteiger partial charge is 0.419 e. The quantitative estimate of drug-likeness (QED) is 0.620. The number of hydrogen-bond acceptors (Lipinski definition) is 6. The first kappa shape index (κ1) is 20.4. The lowest BCUT2D eigenvalue weighted by atomic mass is 10.1. The summed E-state index contributed by atoms with van der Waals surface area (Å²) >= 11 is 0. The van der Waals surface area contributed by atoms with Gasteiger partial charge in [-0.05, 0) is 32.0 Å². The third-order valence-corrected chi connectivity index (χ3v) is 8.85. The van der Waals surface area contributed by atoms with Crippen molar-refractivity contribution in [1.29, 1.82) is 0 Å². The third-order valence-electron chi connectivity index (χ3n) is 4.29. The lowest BCUT2D eigenvalue weighted by Gasteiger charge is -2.38. The van der Waals surface area contributed by atoms with E-state index in [2.05, 4.69) is 43.3 Å². The van der Waals surface area contributed by atoms with E-state index in [1.807, 2.05) is 0 Å². The minimum Gasteiger partial charge on any atom is -0.466 e. The van der Waals surface area contributed by atoms with Gasteiger partial charge >= 0.3 is 17.4 Å². The van der Waals surface area contributed by atoms with Gasteiger partial charge in [0.15, 0.2) is 8.32 Å². The van der Waals surface area contributed by atoms with Gasteiger partial charge in [-0.15, -0.1) is 0 Å². The predicted octanol–water partition coefficient (Wildman–Crippen LogP) is 2.52. The van der Waals surface area contributed by atoms with Gasteiger partial charge in [0.1, 0.15) is 0 Å². The standard InChI is InChI=1S/C16H27NO6Si/c1-8-21-12(18)9-11-13(14(19)22-15(20)17-11)10(2)23-24(6,7)16(3,4)5/h10H,8-9H2,1-7H3,(H,17,20). The van der Waals surface area contributed by atoms with Crippen LogP contribution in [0.5, 0.6) is 0 Å². The number of esters is 1. The van der Waals surface area contributed by atoms with Gasteiger partial charge in [-0.2, -0.15) is 0 Å². The van der Waals surface area contributed by atoms with Crippen LogP contribution >= 0.6 is 0 Å². The van der Waals surface area contributed by atoms with Gasteiger partial charge in [-0.1, -0.05) is 20.8 Å². The van der Waals surface area contributed by atoms with Gasteiger partial charge in [-0.3, -0.25) is 9.78 Å². The van der Waals surface area contributed by atoms with E-state index in [9.17, 15) is 14.4 Å². The topological polar surface area (TPSA) is 98.6 Å². The molecule has 1 unspecified atom stereocenters. The molecule has 0 aliphatic rings. The molecule has 0 bridgehead atoms. The molecule has 1 atom stereocenters. The molecule has 0 aliphatic heterocycles. The number of ether oxygens (including phenoxy) is 1. The van der Waals surface area contributed by atoms with Crippen molar-refractivity contribution in [2.45, 2.75) is 65.3 Å². The van der Waals surface area contributed by atoms with Crippen molar-refractivity contribution >= 4 is 14.3 Å². The fourth-order valence-electron chi connectivity index (χ4n) is 2.06. The van der Waals surface area contributed by atoms with Crippen LogP contribution in [0, 0.1) is 0 Å². The Morgan fingerprint density at radius 2 is 1.88 bits per heavy atom. The molecule has 24 heavy (non-hydrogen) atoms. The third kappa shape index (κ3) is 4.91. The van der Waals surface area contributed by atoms with Crippen LogP contribution in [0.1, 0.15) is 52.0 Å². The highest BCUT2D eigenvalue weighted by atomic mass is 28.4. The van der Waals surface area contributed by atoms with Crippen LogP contribution in [0.15, 0.2) is 14.0 Å². The Bertz CT molecular complexity index is 698. The lowest BCUT2D eigenvalue weighted by Crippen LogP contribution is -2.42. The summed E-state index contributed by atoms with van der Waals surface area (Å²) in [7, 11) is -2.15. The molecular weight excluding hydrogens is 330 g/mol. The first-order valence-corrected chi connectivity index (χ1v) is 10.9. The Morgan fingerprint density at radius 1 is 1.29 bits per heavy atom. The number of carbonyl (C=O) groups is 1. The molecule has 1 N–H and O–H groups in total. The van der Waals surface area contributed by atoms with E-state index in [-0.39, 0.29) is 29.3 Å². The first-order chi connectivity index (χ1) is 10.9. The Labute approximate surface area is 142 Å². The molecule has 0 radical (unpaired) electrons. The van der Waals surface area contributed by atoms with Crippen molar-refractivity contribution in [2.24, 2.45) is 0 Å². The van der Waals surface area contributed by atoms with Crippen molar-refractivity contribution < 1.29 is 18.4 Å². The molecular formula is C16H27NO6Si. The highest BCUT2D eigenvalue weighted by Crippen LogP contribution is 2.39. The average molecular weight is 357 g/mol. The molecule has 0 aliphatic carbocycles. The monoisotopic (exact) mass is 357 g/mol. The zero-order valence-electron chi connectivity index (χ0n) is 15.4. The molecule has 7 nitrogen and oxygen atoms in total. The maximum absolute atomic E-state index is 12.2. The van der Waals surface area contributed by atoms with Crippen molar-refractivity contribution in [1.82, 2.24) is 4.98 Å². The molecule has 1 aromatic heterocycles. The molecule has 0 saturated heterocycles. The maximum atomic E-state index is 12.2. The molecule has 0 spiro atoms. The summed E-state index contributed by atoms with van der Waals surface area (Å²) in [6.45, 7) is 14.0. The lowest BCUT2D eigenvalue weighted by molar-refractivity contribution is -0.142. The van der Waals surface area contributed by atoms with Crippen LogP contribution in [-0.2, 0) is 20.4 Å². The van der Waals surface area contributed by atoms with E-state index in [0.29, 0.717) is 0 Å². The van der Waals surface area contributed by atoms with Gasteiger partial charge in [0, 0.05) is 5.69 Å². The van der Waals surface area contributed by atoms with Gasteiger partial charge in [0.25, 0.3) is 0 Å². The number of nitrogens with one attached hydrogen (secondary N) is 1. The van der Waals surface area contributed by atoms with Crippen molar-refractivity contribution in [3.8, 4) is 0 Å². The zero-order chi connectivity index (χ0) is 18.7. The largest absolute Gasteiger partial charge is 0.466 e. The van der Waals surface area contributed by atoms with Crippen LogP contribution in [-0.4, -0.2) is 25.9 Å². The SMILES string of the molecule is CCOC(=O)Cc1[nH]c(=O)oc(=O)c1C(C)O[Si](C)(C)C(C)(C)C. The zero-order valence-corrected chi connectivity index (χ0v) is 16.4. The number of aromatic amines is 1. The summed E-state index contributed by atoms with van der Waals surface area (Å²) < 4.78 is 15.7.